The normalized spacial score (nSPS) is 12.9. The Kier molecular flexibility index (Phi) is 5.96. The van der Waals surface area contributed by atoms with Crippen LogP contribution in [0.15, 0.2) is 73.3 Å². The summed E-state index contributed by atoms with van der Waals surface area (Å²) < 4.78 is 51.8. The number of hydrogen-bond donors (Lipinski definition) is 0. The lowest BCUT2D eigenvalue weighted by Gasteiger charge is -2.18. The third-order valence-corrected chi connectivity index (χ3v) is 3.76. The zero-order valence-electron chi connectivity index (χ0n) is 13.1. The molecule has 24 heavy (non-hydrogen) atoms. The summed E-state index contributed by atoms with van der Waals surface area (Å²) in [6.07, 6.45) is -3.17. The van der Waals surface area contributed by atoms with Gasteiger partial charge in [0.25, 0.3) is 0 Å². The van der Waals surface area contributed by atoms with E-state index in [4.69, 9.17) is 0 Å². The third-order valence-electron chi connectivity index (χ3n) is 3.76. The Labute approximate surface area is 139 Å². The molecule has 0 saturated carbocycles. The van der Waals surface area contributed by atoms with Gasteiger partial charge in [0.05, 0.1) is 0 Å². The zero-order chi connectivity index (χ0) is 17.6. The van der Waals surface area contributed by atoms with Crippen molar-refractivity contribution in [3.8, 4) is 0 Å². The predicted molar refractivity (Wildman–Crippen MR) is 90.1 cm³/mol. The van der Waals surface area contributed by atoms with Crippen LogP contribution in [0.1, 0.15) is 24.0 Å². The van der Waals surface area contributed by atoms with E-state index in [0.717, 1.165) is 11.1 Å². The maximum absolute atomic E-state index is 13.4. The first-order valence-electron chi connectivity index (χ1n) is 7.58. The summed E-state index contributed by atoms with van der Waals surface area (Å²) in [6, 6.07) is 18.1. The summed E-state index contributed by atoms with van der Waals surface area (Å²) in [4.78, 5) is 0. The number of alkyl halides is 4. The van der Waals surface area contributed by atoms with Crippen LogP contribution in [0.4, 0.5) is 17.6 Å². The Hall–Kier alpha value is -2.36. The fourth-order valence-electron chi connectivity index (χ4n) is 2.51. The maximum Gasteiger partial charge on any atom is 0.307 e. The molecule has 2 rings (SSSR count). The summed E-state index contributed by atoms with van der Waals surface area (Å²) in [7, 11) is 0. The molecule has 2 aromatic carbocycles. The Bertz CT molecular complexity index is 688. The average Bonchev–Trinajstić information content (AvgIpc) is 2.60. The zero-order valence-corrected chi connectivity index (χ0v) is 13.1. The average molecular weight is 334 g/mol. The lowest BCUT2D eigenvalue weighted by molar-refractivity contribution is -0.131. The molecule has 0 aliphatic heterocycles. The molecule has 126 valence electrons. The first-order valence-corrected chi connectivity index (χ1v) is 7.58. The van der Waals surface area contributed by atoms with Crippen molar-refractivity contribution in [1.29, 1.82) is 0 Å². The van der Waals surface area contributed by atoms with E-state index in [1.54, 1.807) is 30.3 Å². The van der Waals surface area contributed by atoms with E-state index < -0.39 is 18.8 Å². The van der Waals surface area contributed by atoms with Gasteiger partial charge in [-0.05, 0) is 28.7 Å². The van der Waals surface area contributed by atoms with Crippen molar-refractivity contribution in [3.05, 3.63) is 84.4 Å². The van der Waals surface area contributed by atoms with Crippen LogP contribution < -0.4 is 0 Å². The predicted octanol–water partition coefficient (Wildman–Crippen LogP) is 6.46. The summed E-state index contributed by atoms with van der Waals surface area (Å²) in [5.74, 6) is -4.01. The third kappa shape index (κ3) is 4.34. The van der Waals surface area contributed by atoms with E-state index >= 15 is 0 Å². The molecule has 0 fully saturated rings. The van der Waals surface area contributed by atoms with Crippen molar-refractivity contribution in [2.45, 2.75) is 25.2 Å². The summed E-state index contributed by atoms with van der Waals surface area (Å²) in [5, 5.41) is 0. The fraction of sp³-hybridized carbons (Fsp3) is 0.200. The summed E-state index contributed by atoms with van der Waals surface area (Å²) in [5.41, 5.74) is 2.79. The van der Waals surface area contributed by atoms with Crippen molar-refractivity contribution in [2.75, 3.05) is 0 Å². The Balaban J connectivity index is 2.47. The molecule has 4 heteroatoms. The van der Waals surface area contributed by atoms with Gasteiger partial charge in [0.1, 0.15) is 0 Å². The second kappa shape index (κ2) is 7.95. The van der Waals surface area contributed by atoms with E-state index in [1.807, 2.05) is 36.4 Å². The minimum atomic E-state index is -4.01. The topological polar surface area (TPSA) is 0 Å². The van der Waals surface area contributed by atoms with Crippen LogP contribution in [0.5, 0.6) is 0 Å². The largest absolute Gasteiger partial charge is 0.307 e. The molecular weight excluding hydrogens is 316 g/mol. The van der Waals surface area contributed by atoms with Crippen molar-refractivity contribution < 1.29 is 17.6 Å². The smallest absolute Gasteiger partial charge is 0.204 e. The minimum Gasteiger partial charge on any atom is -0.204 e. The van der Waals surface area contributed by atoms with Crippen molar-refractivity contribution in [1.82, 2.24) is 0 Å². The number of hydrogen-bond acceptors (Lipinski definition) is 0. The van der Waals surface area contributed by atoms with Crippen LogP contribution in [-0.2, 0) is 0 Å². The van der Waals surface area contributed by atoms with Gasteiger partial charge in [0.2, 0.25) is 0 Å². The Morgan fingerprint density at radius 1 is 0.917 bits per heavy atom. The van der Waals surface area contributed by atoms with E-state index in [-0.39, 0.29) is 6.42 Å². The molecule has 0 aliphatic rings. The standard InChI is InChI=1S/C20H18F4/c1-2-17(15-9-5-3-6-10-15)18(16-11-7-4-8-12-16)13-14-20(23,24)19(21)22/h2-12,19H,1,13-14H2/b18-17+. The van der Waals surface area contributed by atoms with Crippen LogP contribution in [0, 0.1) is 0 Å². The number of halogens is 4. The number of allylic oxidation sites excluding steroid dienone is 3. The molecule has 0 bridgehead atoms. The molecule has 0 heterocycles. The van der Waals surface area contributed by atoms with Crippen LogP contribution in [0.25, 0.3) is 11.1 Å². The van der Waals surface area contributed by atoms with Gasteiger partial charge >= 0.3 is 12.3 Å². The fourth-order valence-corrected chi connectivity index (χ4v) is 2.51. The number of rotatable bonds is 7. The number of benzene rings is 2. The first kappa shape index (κ1) is 18.0. The lowest BCUT2D eigenvalue weighted by Crippen LogP contribution is -2.26. The van der Waals surface area contributed by atoms with E-state index in [1.165, 1.54) is 0 Å². The lowest BCUT2D eigenvalue weighted by atomic mass is 9.90. The van der Waals surface area contributed by atoms with Gasteiger partial charge in [-0.3, -0.25) is 0 Å². The molecule has 0 amide bonds. The molecule has 0 N–H and O–H groups in total. The van der Waals surface area contributed by atoms with Crippen LogP contribution in [-0.4, -0.2) is 12.3 Å². The quantitative estimate of drug-likeness (QED) is 0.309. The highest BCUT2D eigenvalue weighted by atomic mass is 19.3. The second-order valence-electron chi connectivity index (χ2n) is 5.39. The van der Waals surface area contributed by atoms with Gasteiger partial charge in [-0.1, -0.05) is 73.3 Å². The molecule has 0 radical (unpaired) electrons. The summed E-state index contributed by atoms with van der Waals surface area (Å²) in [6.45, 7) is 3.77. The molecule has 0 nitrogen and oxygen atoms in total. The Morgan fingerprint density at radius 2 is 1.42 bits per heavy atom. The van der Waals surface area contributed by atoms with Crippen LogP contribution >= 0.6 is 0 Å². The molecule has 0 saturated heterocycles. The SMILES string of the molecule is C=C/C(=C(/CCC(F)(F)C(F)F)c1ccccc1)c1ccccc1. The molecular formula is C20H18F4. The van der Waals surface area contributed by atoms with Gasteiger partial charge in [0.15, 0.2) is 0 Å². The molecule has 0 spiro atoms. The molecule has 0 atom stereocenters. The first-order chi connectivity index (χ1) is 11.5. The van der Waals surface area contributed by atoms with Crippen molar-refractivity contribution in [3.63, 3.8) is 0 Å². The van der Waals surface area contributed by atoms with E-state index in [2.05, 4.69) is 6.58 Å². The minimum absolute atomic E-state index is 0.169. The van der Waals surface area contributed by atoms with Crippen LogP contribution in [0.2, 0.25) is 0 Å². The highest BCUT2D eigenvalue weighted by Crippen LogP contribution is 2.36. The van der Waals surface area contributed by atoms with E-state index in [0.29, 0.717) is 11.1 Å². The van der Waals surface area contributed by atoms with Gasteiger partial charge in [-0.15, -0.1) is 0 Å². The highest BCUT2D eigenvalue weighted by Gasteiger charge is 2.40. The van der Waals surface area contributed by atoms with Crippen molar-refractivity contribution >= 4 is 11.1 Å². The molecule has 2 aromatic rings. The van der Waals surface area contributed by atoms with E-state index in [9.17, 15) is 17.6 Å². The van der Waals surface area contributed by atoms with Gasteiger partial charge in [-0.2, -0.15) is 0 Å². The Morgan fingerprint density at radius 3 is 1.88 bits per heavy atom. The molecule has 0 aliphatic carbocycles. The van der Waals surface area contributed by atoms with Gasteiger partial charge in [0, 0.05) is 6.42 Å². The molecule has 0 unspecified atom stereocenters. The summed E-state index contributed by atoms with van der Waals surface area (Å²) >= 11 is 0. The van der Waals surface area contributed by atoms with Gasteiger partial charge < -0.3 is 0 Å². The second-order valence-corrected chi connectivity index (χ2v) is 5.39. The maximum atomic E-state index is 13.4. The van der Waals surface area contributed by atoms with Gasteiger partial charge in [-0.25, -0.2) is 17.6 Å². The van der Waals surface area contributed by atoms with Crippen LogP contribution in [0.3, 0.4) is 0 Å². The molecule has 0 aromatic heterocycles. The highest BCUT2D eigenvalue weighted by molar-refractivity contribution is 5.95. The monoisotopic (exact) mass is 334 g/mol. The van der Waals surface area contributed by atoms with Crippen molar-refractivity contribution in [2.24, 2.45) is 0 Å².